The van der Waals surface area contributed by atoms with Crippen LogP contribution in [0.1, 0.15) is 32.4 Å². The van der Waals surface area contributed by atoms with Gasteiger partial charge in [0.25, 0.3) is 0 Å². The molecule has 0 bridgehead atoms. The minimum atomic E-state index is -0.946. The first-order chi connectivity index (χ1) is 7.71. The van der Waals surface area contributed by atoms with Gasteiger partial charge >= 0.3 is 0 Å². The second kappa shape index (κ2) is 5.02. The van der Waals surface area contributed by atoms with Gasteiger partial charge < -0.3 is 11.1 Å². The number of nitrogens with two attached hydrogens (primary N) is 1. The second-order valence-corrected chi connectivity index (χ2v) is 5.00. The highest BCUT2D eigenvalue weighted by molar-refractivity contribution is 6.30. The van der Waals surface area contributed by atoms with Crippen LogP contribution in [0, 0.1) is 5.82 Å². The normalized spacial score (nSPS) is 13.3. The zero-order valence-corrected chi connectivity index (χ0v) is 10.8. The number of hydrogen-bond acceptors (Lipinski definition) is 2. The lowest BCUT2D eigenvalue weighted by Crippen LogP contribution is -2.49. The fourth-order valence-corrected chi connectivity index (χ4v) is 1.44. The zero-order valence-electron chi connectivity index (χ0n) is 10.1. The highest BCUT2D eigenvalue weighted by Gasteiger charge is 2.23. The Bertz CT molecular complexity index is 429. The largest absolute Gasteiger partial charge is 0.348 e. The van der Waals surface area contributed by atoms with Crippen molar-refractivity contribution in [2.24, 2.45) is 5.73 Å². The van der Waals surface area contributed by atoms with E-state index in [-0.39, 0.29) is 17.0 Å². The number of carbonyl (C=O) groups excluding carboxylic acids is 1. The third kappa shape index (κ3) is 3.68. The summed E-state index contributed by atoms with van der Waals surface area (Å²) in [6.45, 7) is 5.02. The Hall–Kier alpha value is -1.13. The molecule has 0 saturated heterocycles. The van der Waals surface area contributed by atoms with E-state index in [2.05, 4.69) is 5.32 Å². The summed E-state index contributed by atoms with van der Waals surface area (Å²) in [6.07, 6.45) is 0. The predicted octanol–water partition coefficient (Wildman–Crippen LogP) is 2.39. The van der Waals surface area contributed by atoms with Gasteiger partial charge in [-0.1, -0.05) is 17.7 Å². The molecule has 0 heterocycles. The lowest BCUT2D eigenvalue weighted by molar-refractivity contribution is -0.125. The Morgan fingerprint density at radius 3 is 2.59 bits per heavy atom. The summed E-state index contributed by atoms with van der Waals surface area (Å²) in [4.78, 5) is 11.7. The number of nitrogens with one attached hydrogen (secondary N) is 1. The summed E-state index contributed by atoms with van der Waals surface area (Å²) >= 11 is 5.67. The van der Waals surface area contributed by atoms with Gasteiger partial charge in [0.05, 0.1) is 16.6 Å². The summed E-state index contributed by atoms with van der Waals surface area (Å²) in [6, 6.07) is 4.07. The van der Waals surface area contributed by atoms with E-state index < -0.39 is 11.4 Å². The quantitative estimate of drug-likeness (QED) is 0.875. The summed E-state index contributed by atoms with van der Waals surface area (Å²) in [5.74, 6) is -0.751. The van der Waals surface area contributed by atoms with Crippen molar-refractivity contribution < 1.29 is 9.18 Å². The highest BCUT2D eigenvalue weighted by atomic mass is 35.5. The minimum Gasteiger partial charge on any atom is -0.348 e. The molecule has 0 fully saturated rings. The molecule has 1 amide bonds. The number of halogens is 2. The molecule has 1 aromatic carbocycles. The van der Waals surface area contributed by atoms with Gasteiger partial charge in [-0.2, -0.15) is 0 Å². The van der Waals surface area contributed by atoms with Gasteiger partial charge in [-0.15, -0.1) is 0 Å². The SMILES string of the molecule is CC(NC(=O)C(C)(C)N)c1ccc(F)c(Cl)c1. The van der Waals surface area contributed by atoms with E-state index in [0.717, 1.165) is 5.56 Å². The first-order valence-electron chi connectivity index (χ1n) is 5.26. The molecule has 5 heteroatoms. The number of carbonyl (C=O) groups is 1. The monoisotopic (exact) mass is 258 g/mol. The molecule has 0 radical (unpaired) electrons. The molecule has 3 N–H and O–H groups in total. The van der Waals surface area contributed by atoms with Crippen LogP contribution in [0.3, 0.4) is 0 Å². The van der Waals surface area contributed by atoms with Gasteiger partial charge in [-0.3, -0.25) is 4.79 Å². The summed E-state index contributed by atoms with van der Waals surface area (Å²) in [5, 5.41) is 2.78. The summed E-state index contributed by atoms with van der Waals surface area (Å²) in [7, 11) is 0. The molecule has 0 aromatic heterocycles. The Balaban J connectivity index is 2.80. The van der Waals surface area contributed by atoms with Gasteiger partial charge in [0, 0.05) is 0 Å². The van der Waals surface area contributed by atoms with Crippen LogP contribution < -0.4 is 11.1 Å². The van der Waals surface area contributed by atoms with Gasteiger partial charge in [-0.25, -0.2) is 4.39 Å². The van der Waals surface area contributed by atoms with E-state index in [0.29, 0.717) is 0 Å². The van der Waals surface area contributed by atoms with Crippen molar-refractivity contribution in [3.05, 3.63) is 34.6 Å². The van der Waals surface area contributed by atoms with Gasteiger partial charge in [0.2, 0.25) is 5.91 Å². The van der Waals surface area contributed by atoms with Crippen molar-refractivity contribution in [3.8, 4) is 0 Å². The molecule has 0 aliphatic carbocycles. The molecular formula is C12H16ClFN2O. The lowest BCUT2D eigenvalue weighted by atomic mass is 10.0. The molecule has 0 aliphatic rings. The van der Waals surface area contributed by atoms with E-state index in [1.165, 1.54) is 12.1 Å². The average Bonchev–Trinajstić information content (AvgIpc) is 2.20. The number of hydrogen-bond donors (Lipinski definition) is 2. The second-order valence-electron chi connectivity index (χ2n) is 4.59. The zero-order chi connectivity index (χ0) is 13.2. The van der Waals surface area contributed by atoms with E-state index in [1.54, 1.807) is 26.8 Å². The van der Waals surface area contributed by atoms with Gasteiger partial charge in [0.15, 0.2) is 0 Å². The minimum absolute atomic E-state index is 0.0376. The van der Waals surface area contributed by atoms with Gasteiger partial charge in [-0.05, 0) is 38.5 Å². The number of benzene rings is 1. The maximum absolute atomic E-state index is 13.0. The molecule has 0 saturated carbocycles. The topological polar surface area (TPSA) is 55.1 Å². The van der Waals surface area contributed by atoms with Crippen molar-refractivity contribution in [2.45, 2.75) is 32.4 Å². The fourth-order valence-electron chi connectivity index (χ4n) is 1.25. The molecule has 3 nitrogen and oxygen atoms in total. The first-order valence-corrected chi connectivity index (χ1v) is 5.64. The number of amides is 1. The Morgan fingerprint density at radius 2 is 2.12 bits per heavy atom. The van der Waals surface area contributed by atoms with E-state index in [9.17, 15) is 9.18 Å². The van der Waals surface area contributed by atoms with Crippen LogP contribution in [0.5, 0.6) is 0 Å². The Kier molecular flexibility index (Phi) is 4.11. The van der Waals surface area contributed by atoms with Crippen molar-refractivity contribution in [1.82, 2.24) is 5.32 Å². The third-order valence-electron chi connectivity index (χ3n) is 2.38. The Morgan fingerprint density at radius 1 is 1.53 bits per heavy atom. The summed E-state index contributed by atoms with van der Waals surface area (Å²) in [5.41, 5.74) is 5.45. The smallest absolute Gasteiger partial charge is 0.239 e. The maximum atomic E-state index is 13.0. The third-order valence-corrected chi connectivity index (χ3v) is 2.67. The molecule has 1 aromatic rings. The van der Waals surface area contributed by atoms with Crippen LogP contribution in [0.4, 0.5) is 4.39 Å². The van der Waals surface area contributed by atoms with Crippen LogP contribution in [-0.4, -0.2) is 11.4 Å². The van der Waals surface area contributed by atoms with Crippen molar-refractivity contribution >= 4 is 17.5 Å². The summed E-state index contributed by atoms with van der Waals surface area (Å²) < 4.78 is 13.0. The molecule has 0 spiro atoms. The lowest BCUT2D eigenvalue weighted by Gasteiger charge is -2.22. The molecule has 1 atom stereocenters. The van der Waals surface area contributed by atoms with Crippen LogP contribution in [0.2, 0.25) is 5.02 Å². The Labute approximate surface area is 105 Å². The first kappa shape index (κ1) is 13.9. The van der Waals surface area contributed by atoms with Gasteiger partial charge in [0.1, 0.15) is 5.82 Å². The van der Waals surface area contributed by atoms with Crippen LogP contribution in [0.25, 0.3) is 0 Å². The molecule has 0 aliphatic heterocycles. The molecular weight excluding hydrogens is 243 g/mol. The molecule has 1 rings (SSSR count). The van der Waals surface area contributed by atoms with Crippen molar-refractivity contribution in [1.29, 1.82) is 0 Å². The van der Waals surface area contributed by atoms with Crippen molar-refractivity contribution in [3.63, 3.8) is 0 Å². The van der Waals surface area contributed by atoms with E-state index in [4.69, 9.17) is 17.3 Å². The number of rotatable bonds is 3. The fraction of sp³-hybridized carbons (Fsp3) is 0.417. The maximum Gasteiger partial charge on any atom is 0.239 e. The van der Waals surface area contributed by atoms with Crippen LogP contribution >= 0.6 is 11.6 Å². The average molecular weight is 259 g/mol. The molecule has 94 valence electrons. The highest BCUT2D eigenvalue weighted by Crippen LogP contribution is 2.20. The van der Waals surface area contributed by atoms with Crippen LogP contribution in [0.15, 0.2) is 18.2 Å². The predicted molar refractivity (Wildman–Crippen MR) is 66.2 cm³/mol. The van der Waals surface area contributed by atoms with E-state index in [1.807, 2.05) is 0 Å². The van der Waals surface area contributed by atoms with Crippen LogP contribution in [-0.2, 0) is 4.79 Å². The van der Waals surface area contributed by atoms with E-state index >= 15 is 0 Å². The molecule has 17 heavy (non-hydrogen) atoms. The van der Waals surface area contributed by atoms with Crippen molar-refractivity contribution in [2.75, 3.05) is 0 Å². The standard InChI is InChI=1S/C12H16ClFN2O/c1-7(16-11(17)12(2,3)15)8-4-5-10(14)9(13)6-8/h4-7H,15H2,1-3H3,(H,16,17). The molecule has 1 unspecified atom stereocenters.